The van der Waals surface area contributed by atoms with Gasteiger partial charge in [-0.1, -0.05) is 62.7 Å². The number of hydrogen-bond acceptors (Lipinski definition) is 0. The Morgan fingerprint density at radius 3 is 1.39 bits per heavy atom. The maximum atomic E-state index is 3.36. The number of rotatable bonds is 0. The molecule has 0 saturated heterocycles. The Hall–Kier alpha value is -1.91. The van der Waals surface area contributed by atoms with Crippen LogP contribution < -0.4 is 0 Å². The van der Waals surface area contributed by atoms with E-state index >= 15 is 0 Å². The lowest BCUT2D eigenvalue weighted by molar-refractivity contribution is 1.09. The van der Waals surface area contributed by atoms with E-state index in [1.165, 1.54) is 6.42 Å². The highest BCUT2D eigenvalue weighted by molar-refractivity contribution is 5.18. The van der Waals surface area contributed by atoms with Gasteiger partial charge in [-0.15, -0.1) is 6.58 Å². The molecule has 0 aromatic heterocycles. The zero-order valence-electron chi connectivity index (χ0n) is 11.8. The lowest BCUT2D eigenvalue weighted by Gasteiger charge is -1.69. The van der Waals surface area contributed by atoms with Gasteiger partial charge in [-0.2, -0.15) is 0 Å². The van der Waals surface area contributed by atoms with Crippen molar-refractivity contribution in [2.75, 3.05) is 0 Å². The molecule has 0 spiro atoms. The second-order valence-electron chi connectivity index (χ2n) is 3.35. The third-order valence-electron chi connectivity index (χ3n) is 1.27. The third-order valence-corrected chi connectivity index (χ3v) is 1.27. The fourth-order valence-corrected chi connectivity index (χ4v) is 0.727. The lowest BCUT2D eigenvalue weighted by Crippen LogP contribution is -1.56. The van der Waals surface area contributed by atoms with Crippen LogP contribution in [-0.2, 0) is 0 Å². The molecule has 18 heavy (non-hydrogen) atoms. The Morgan fingerprint density at radius 1 is 0.889 bits per heavy atom. The molecule has 0 heterocycles. The molecule has 0 aliphatic heterocycles. The summed E-state index contributed by atoms with van der Waals surface area (Å²) in [6, 6.07) is 12.0. The molecule has 1 aliphatic rings. The zero-order chi connectivity index (χ0) is 13.9. The Morgan fingerprint density at radius 2 is 1.28 bits per heavy atom. The Kier molecular flexibility index (Phi) is 21.0. The van der Waals surface area contributed by atoms with Gasteiger partial charge in [0, 0.05) is 24.3 Å². The van der Waals surface area contributed by atoms with Crippen LogP contribution >= 0.6 is 0 Å². The first kappa shape index (κ1) is 18.5. The smallest absolute Gasteiger partial charge is 0.103 e. The van der Waals surface area contributed by atoms with Crippen LogP contribution in [0.25, 0.3) is 0 Å². The van der Waals surface area contributed by atoms with Crippen LogP contribution in [0.3, 0.4) is 0 Å². The summed E-state index contributed by atoms with van der Waals surface area (Å²) >= 11 is 0. The first-order valence-corrected chi connectivity index (χ1v) is 6.31. The van der Waals surface area contributed by atoms with Gasteiger partial charge in [-0.25, -0.2) is 0 Å². The van der Waals surface area contributed by atoms with E-state index in [9.17, 15) is 0 Å². The maximum Gasteiger partial charge on any atom is 0.103 e. The van der Waals surface area contributed by atoms with Crippen molar-refractivity contribution in [2.45, 2.75) is 27.2 Å². The molecule has 0 unspecified atom stereocenters. The van der Waals surface area contributed by atoms with E-state index < -0.39 is 0 Å². The third kappa shape index (κ3) is 23.7. The maximum absolute atomic E-state index is 3.36. The van der Waals surface area contributed by atoms with E-state index in [1.807, 2.05) is 73.7 Å². The fraction of sp³-hybridized carbons (Fsp3) is 0.222. The summed E-state index contributed by atoms with van der Waals surface area (Å²) in [5.41, 5.74) is 0. The molecule has 0 N–H and O–H groups in total. The van der Waals surface area contributed by atoms with E-state index in [0.29, 0.717) is 0 Å². The van der Waals surface area contributed by atoms with Gasteiger partial charge in [0.05, 0.1) is 0 Å². The summed E-state index contributed by atoms with van der Waals surface area (Å²) in [6.45, 7) is 9.50. The average molecular weight is 241 g/mol. The van der Waals surface area contributed by atoms with Gasteiger partial charge in [0.2, 0.25) is 0 Å². The molecule has 0 fully saturated rings. The molecule has 0 saturated carbocycles. The SMILES string of the molecule is C=CC.CCC.[C+]1=CC=CC=C1.c1ccccc1. The van der Waals surface area contributed by atoms with Gasteiger partial charge in [0.25, 0.3) is 0 Å². The van der Waals surface area contributed by atoms with E-state index in [0.717, 1.165) is 0 Å². The fourth-order valence-electron chi connectivity index (χ4n) is 0.727. The van der Waals surface area contributed by atoms with Crippen molar-refractivity contribution in [2.24, 2.45) is 0 Å². The molecule has 1 aliphatic carbocycles. The van der Waals surface area contributed by atoms with E-state index in [1.54, 1.807) is 6.08 Å². The predicted octanol–water partition coefficient (Wildman–Crippen LogP) is 5.77. The van der Waals surface area contributed by atoms with Crippen LogP contribution in [0.15, 0.2) is 79.4 Å². The highest BCUT2D eigenvalue weighted by atomic mass is 13.7. The van der Waals surface area contributed by atoms with Crippen LogP contribution in [0, 0.1) is 6.08 Å². The van der Waals surface area contributed by atoms with Crippen molar-refractivity contribution < 1.29 is 0 Å². The van der Waals surface area contributed by atoms with Crippen molar-refractivity contribution >= 4 is 0 Å². The van der Waals surface area contributed by atoms with Crippen LogP contribution in [0.4, 0.5) is 0 Å². The highest BCUT2D eigenvalue weighted by Crippen LogP contribution is 1.85. The molecule has 0 heteroatoms. The van der Waals surface area contributed by atoms with Gasteiger partial charge in [-0.05, 0) is 6.92 Å². The van der Waals surface area contributed by atoms with Crippen molar-refractivity contribution in [3.8, 4) is 0 Å². The number of benzene rings is 1. The number of hydrogen-bond donors (Lipinski definition) is 0. The first-order chi connectivity index (χ1) is 8.83. The normalized spacial score (nSPS) is 9.28. The minimum absolute atomic E-state index is 1.25. The van der Waals surface area contributed by atoms with Crippen LogP contribution in [0.1, 0.15) is 27.2 Å². The summed E-state index contributed by atoms with van der Waals surface area (Å²) in [5, 5.41) is 0. The van der Waals surface area contributed by atoms with Gasteiger partial charge in [0.1, 0.15) is 12.2 Å². The van der Waals surface area contributed by atoms with Gasteiger partial charge < -0.3 is 0 Å². The minimum Gasteiger partial charge on any atom is -0.103 e. The predicted molar refractivity (Wildman–Crippen MR) is 84.4 cm³/mol. The van der Waals surface area contributed by atoms with Crippen LogP contribution in [0.2, 0.25) is 0 Å². The molecule has 1 aromatic rings. The summed E-state index contributed by atoms with van der Waals surface area (Å²) in [6.07, 6.45) is 15.5. The Balaban J connectivity index is 0. The number of allylic oxidation sites excluding steroid dienone is 7. The summed E-state index contributed by atoms with van der Waals surface area (Å²) < 4.78 is 0. The summed E-state index contributed by atoms with van der Waals surface area (Å²) in [7, 11) is 0. The summed E-state index contributed by atoms with van der Waals surface area (Å²) in [4.78, 5) is 0. The Labute approximate surface area is 113 Å². The molecule has 0 amide bonds. The molecule has 0 radical (unpaired) electrons. The standard InChI is InChI=1S/C6H6.C6H5.C3H8.C3H6/c2*1-2-4-6-5-3-1;2*1-3-2/h1-6H;1-5H;3H2,1-2H3;3H,1H2,2H3/q;+1;;. The topological polar surface area (TPSA) is 0 Å². The second-order valence-corrected chi connectivity index (χ2v) is 3.35. The molecular weight excluding hydrogens is 216 g/mol. The quantitative estimate of drug-likeness (QED) is 0.400. The van der Waals surface area contributed by atoms with E-state index in [2.05, 4.69) is 26.5 Å². The van der Waals surface area contributed by atoms with E-state index in [-0.39, 0.29) is 0 Å². The van der Waals surface area contributed by atoms with Crippen molar-refractivity contribution in [3.63, 3.8) is 0 Å². The molecule has 0 bridgehead atoms. The monoisotopic (exact) mass is 241 g/mol. The lowest BCUT2D eigenvalue weighted by atomic mass is 10.3. The van der Waals surface area contributed by atoms with Gasteiger partial charge in [0.15, 0.2) is 0 Å². The largest absolute Gasteiger partial charge is 0.103 e. The summed E-state index contributed by atoms with van der Waals surface area (Å²) in [5.74, 6) is 0. The zero-order valence-corrected chi connectivity index (χ0v) is 11.8. The van der Waals surface area contributed by atoms with Crippen LogP contribution in [0.5, 0.6) is 0 Å². The van der Waals surface area contributed by atoms with Gasteiger partial charge >= 0.3 is 0 Å². The molecule has 2 rings (SSSR count). The highest BCUT2D eigenvalue weighted by Gasteiger charge is 1.78. The van der Waals surface area contributed by atoms with Crippen LogP contribution in [-0.4, -0.2) is 0 Å². The van der Waals surface area contributed by atoms with Crippen molar-refractivity contribution in [1.29, 1.82) is 0 Å². The average Bonchev–Trinajstić information content (AvgIpc) is 2.45. The van der Waals surface area contributed by atoms with E-state index in [4.69, 9.17) is 0 Å². The van der Waals surface area contributed by atoms with Crippen molar-refractivity contribution in [1.82, 2.24) is 0 Å². The molecule has 0 nitrogen and oxygen atoms in total. The molecule has 0 atom stereocenters. The molecule has 1 aromatic carbocycles. The molecular formula is C18H25+. The first-order valence-electron chi connectivity index (χ1n) is 6.31. The Bertz CT molecular complexity index is 253. The minimum atomic E-state index is 1.25. The molecule has 96 valence electrons. The van der Waals surface area contributed by atoms with Crippen molar-refractivity contribution in [3.05, 3.63) is 85.5 Å². The van der Waals surface area contributed by atoms with Gasteiger partial charge in [-0.3, -0.25) is 0 Å². The second kappa shape index (κ2) is 20.5.